The molecule has 0 radical (unpaired) electrons. The summed E-state index contributed by atoms with van der Waals surface area (Å²) in [6.07, 6.45) is 7.53. The molecule has 130 valence electrons. The molecule has 2 heteroatoms. The van der Waals surface area contributed by atoms with E-state index in [2.05, 4.69) is 73.0 Å². The average molecular weight is 325 g/mol. The number of hydrogen-bond donors (Lipinski definition) is 2. The molecule has 0 heterocycles. The van der Waals surface area contributed by atoms with Crippen LogP contribution >= 0.6 is 0 Å². The van der Waals surface area contributed by atoms with Crippen LogP contribution in [-0.4, -0.2) is 13.1 Å². The van der Waals surface area contributed by atoms with Crippen LogP contribution in [0.25, 0.3) is 11.1 Å². The van der Waals surface area contributed by atoms with Gasteiger partial charge in [0.25, 0.3) is 0 Å². The smallest absolute Gasteiger partial charge is 0.0420 e. The van der Waals surface area contributed by atoms with Gasteiger partial charge in [0.2, 0.25) is 0 Å². The molecular formula is C22H32N2. The molecule has 0 aliphatic carbocycles. The number of nitrogens with one attached hydrogen (secondary N) is 2. The summed E-state index contributed by atoms with van der Waals surface area (Å²) in [5.41, 5.74) is 5.04. The van der Waals surface area contributed by atoms with E-state index in [0.717, 1.165) is 13.1 Å². The summed E-state index contributed by atoms with van der Waals surface area (Å²) >= 11 is 0. The first-order valence-electron chi connectivity index (χ1n) is 9.53. The minimum absolute atomic E-state index is 1.04. The quantitative estimate of drug-likeness (QED) is 0.457. The highest BCUT2D eigenvalue weighted by Gasteiger charge is 2.08. The van der Waals surface area contributed by atoms with Crippen LogP contribution in [0.4, 0.5) is 11.4 Å². The zero-order valence-corrected chi connectivity index (χ0v) is 15.3. The fourth-order valence-electron chi connectivity index (χ4n) is 2.94. The molecular weight excluding hydrogens is 292 g/mol. The topological polar surface area (TPSA) is 24.1 Å². The second-order valence-electron chi connectivity index (χ2n) is 6.36. The van der Waals surface area contributed by atoms with Gasteiger partial charge in [-0.3, -0.25) is 0 Å². The summed E-state index contributed by atoms with van der Waals surface area (Å²) in [7, 11) is 0. The van der Waals surface area contributed by atoms with Crippen molar-refractivity contribution in [2.24, 2.45) is 0 Å². The maximum absolute atomic E-state index is 3.62. The van der Waals surface area contributed by atoms with Gasteiger partial charge in [-0.15, -0.1) is 0 Å². The van der Waals surface area contributed by atoms with E-state index in [1.807, 2.05) is 0 Å². The van der Waals surface area contributed by atoms with Crippen molar-refractivity contribution < 1.29 is 0 Å². The van der Waals surface area contributed by atoms with Gasteiger partial charge < -0.3 is 10.6 Å². The molecule has 2 nitrogen and oxygen atoms in total. The van der Waals surface area contributed by atoms with Crippen LogP contribution in [-0.2, 0) is 0 Å². The highest BCUT2D eigenvalue weighted by molar-refractivity contribution is 5.86. The standard InChI is InChI=1S/C22H32N2/c1-3-5-11-17-23-21-15-9-7-13-19(21)20-14-8-10-16-22(20)24-18-12-6-4-2/h7-10,13-16,23-24H,3-6,11-12,17-18H2,1-2H3. The summed E-state index contributed by atoms with van der Waals surface area (Å²) < 4.78 is 0. The number of hydrogen-bond acceptors (Lipinski definition) is 2. The van der Waals surface area contributed by atoms with Crippen molar-refractivity contribution in [1.82, 2.24) is 0 Å². The Hall–Kier alpha value is -1.96. The second-order valence-corrected chi connectivity index (χ2v) is 6.36. The van der Waals surface area contributed by atoms with E-state index in [9.17, 15) is 0 Å². The van der Waals surface area contributed by atoms with Crippen LogP contribution in [0.2, 0.25) is 0 Å². The van der Waals surface area contributed by atoms with E-state index >= 15 is 0 Å². The van der Waals surface area contributed by atoms with Crippen LogP contribution < -0.4 is 10.6 Å². The molecule has 0 fully saturated rings. The van der Waals surface area contributed by atoms with Crippen LogP contribution in [0.15, 0.2) is 48.5 Å². The molecule has 0 saturated carbocycles. The Morgan fingerprint density at radius 3 is 1.42 bits per heavy atom. The van der Waals surface area contributed by atoms with Gasteiger partial charge >= 0.3 is 0 Å². The molecule has 0 aliphatic heterocycles. The van der Waals surface area contributed by atoms with Crippen molar-refractivity contribution in [3.8, 4) is 11.1 Å². The predicted molar refractivity (Wildman–Crippen MR) is 108 cm³/mol. The summed E-state index contributed by atoms with van der Waals surface area (Å²) in [4.78, 5) is 0. The lowest BCUT2D eigenvalue weighted by Gasteiger charge is -2.16. The molecule has 0 bridgehead atoms. The monoisotopic (exact) mass is 324 g/mol. The molecule has 0 atom stereocenters. The van der Waals surface area contributed by atoms with Crippen LogP contribution in [0, 0.1) is 0 Å². The second kappa shape index (κ2) is 10.7. The van der Waals surface area contributed by atoms with Gasteiger partial charge in [-0.2, -0.15) is 0 Å². The number of anilines is 2. The van der Waals surface area contributed by atoms with Crippen LogP contribution in [0.3, 0.4) is 0 Å². The maximum Gasteiger partial charge on any atom is 0.0420 e. The Kier molecular flexibility index (Phi) is 8.23. The first kappa shape index (κ1) is 18.4. The lowest BCUT2D eigenvalue weighted by Crippen LogP contribution is -2.05. The highest BCUT2D eigenvalue weighted by atomic mass is 14.9. The first-order chi connectivity index (χ1) is 11.9. The zero-order valence-electron chi connectivity index (χ0n) is 15.3. The van der Waals surface area contributed by atoms with Gasteiger partial charge in [-0.1, -0.05) is 75.9 Å². The minimum Gasteiger partial charge on any atom is -0.385 e. The summed E-state index contributed by atoms with van der Waals surface area (Å²) in [6.45, 7) is 6.57. The third-order valence-electron chi connectivity index (χ3n) is 4.34. The molecule has 2 rings (SSSR count). The van der Waals surface area contributed by atoms with Crippen molar-refractivity contribution in [3.05, 3.63) is 48.5 Å². The molecule has 0 amide bonds. The molecule has 0 aliphatic rings. The van der Waals surface area contributed by atoms with E-state index in [-0.39, 0.29) is 0 Å². The zero-order chi connectivity index (χ0) is 17.0. The van der Waals surface area contributed by atoms with Gasteiger partial charge in [0.05, 0.1) is 0 Å². The Morgan fingerprint density at radius 1 is 0.583 bits per heavy atom. The van der Waals surface area contributed by atoms with Gasteiger partial charge in [0.1, 0.15) is 0 Å². The molecule has 0 spiro atoms. The first-order valence-corrected chi connectivity index (χ1v) is 9.53. The molecule has 2 aromatic rings. The predicted octanol–water partition coefficient (Wildman–Crippen LogP) is 6.56. The maximum atomic E-state index is 3.62. The molecule has 2 N–H and O–H groups in total. The number of rotatable bonds is 11. The van der Waals surface area contributed by atoms with E-state index < -0.39 is 0 Å². The number of benzene rings is 2. The van der Waals surface area contributed by atoms with Gasteiger partial charge in [-0.05, 0) is 25.0 Å². The number of para-hydroxylation sites is 2. The Balaban J connectivity index is 2.12. The SMILES string of the molecule is CCCCCNc1ccccc1-c1ccccc1NCCCCC. The molecule has 2 aromatic carbocycles. The van der Waals surface area contributed by atoms with Crippen LogP contribution in [0.1, 0.15) is 52.4 Å². The van der Waals surface area contributed by atoms with Crippen molar-refractivity contribution in [3.63, 3.8) is 0 Å². The third-order valence-corrected chi connectivity index (χ3v) is 4.34. The van der Waals surface area contributed by atoms with Crippen molar-refractivity contribution in [1.29, 1.82) is 0 Å². The largest absolute Gasteiger partial charge is 0.385 e. The minimum atomic E-state index is 1.04. The Morgan fingerprint density at radius 2 is 1.00 bits per heavy atom. The third kappa shape index (κ3) is 5.59. The molecule has 0 aromatic heterocycles. The number of unbranched alkanes of at least 4 members (excludes halogenated alkanes) is 4. The van der Waals surface area contributed by atoms with Gasteiger partial charge in [-0.25, -0.2) is 0 Å². The van der Waals surface area contributed by atoms with Gasteiger partial charge in [0.15, 0.2) is 0 Å². The van der Waals surface area contributed by atoms with E-state index in [1.165, 1.54) is 61.0 Å². The lowest BCUT2D eigenvalue weighted by molar-refractivity contribution is 0.743. The Labute approximate surface area is 147 Å². The average Bonchev–Trinajstić information content (AvgIpc) is 2.63. The normalized spacial score (nSPS) is 10.6. The van der Waals surface area contributed by atoms with E-state index in [0.29, 0.717) is 0 Å². The van der Waals surface area contributed by atoms with Crippen molar-refractivity contribution in [2.75, 3.05) is 23.7 Å². The molecule has 0 saturated heterocycles. The highest BCUT2D eigenvalue weighted by Crippen LogP contribution is 2.33. The van der Waals surface area contributed by atoms with Crippen molar-refractivity contribution in [2.45, 2.75) is 52.4 Å². The summed E-state index contributed by atoms with van der Waals surface area (Å²) in [5.74, 6) is 0. The fraction of sp³-hybridized carbons (Fsp3) is 0.455. The van der Waals surface area contributed by atoms with Crippen molar-refractivity contribution >= 4 is 11.4 Å². The van der Waals surface area contributed by atoms with E-state index in [1.54, 1.807) is 0 Å². The fourth-order valence-corrected chi connectivity index (χ4v) is 2.94. The molecule has 24 heavy (non-hydrogen) atoms. The Bertz CT molecular complexity index is 539. The molecule has 0 unspecified atom stereocenters. The van der Waals surface area contributed by atoms with E-state index in [4.69, 9.17) is 0 Å². The summed E-state index contributed by atoms with van der Waals surface area (Å²) in [5, 5.41) is 7.24. The summed E-state index contributed by atoms with van der Waals surface area (Å²) in [6, 6.07) is 17.3. The van der Waals surface area contributed by atoms with Crippen LogP contribution in [0.5, 0.6) is 0 Å². The van der Waals surface area contributed by atoms with Gasteiger partial charge in [0, 0.05) is 35.6 Å². The lowest BCUT2D eigenvalue weighted by atomic mass is 10.0.